The Morgan fingerprint density at radius 3 is 2.59 bits per heavy atom. The predicted octanol–water partition coefficient (Wildman–Crippen LogP) is 4.18. The van der Waals surface area contributed by atoms with Crippen LogP contribution in [-0.4, -0.2) is 22.3 Å². The first-order valence-corrected chi connectivity index (χ1v) is 8.19. The molecule has 0 atom stereocenters. The zero-order chi connectivity index (χ0) is 19.1. The lowest BCUT2D eigenvalue weighted by molar-refractivity contribution is -0.111. The molecule has 3 rings (SSSR count). The molecule has 2 aromatic carbocycles. The highest BCUT2D eigenvalue weighted by molar-refractivity contribution is 6.01. The van der Waals surface area contributed by atoms with E-state index in [1.807, 2.05) is 36.5 Å². The second kappa shape index (κ2) is 8.75. The molecule has 27 heavy (non-hydrogen) atoms. The highest BCUT2D eigenvalue weighted by atomic mass is 19.3. The van der Waals surface area contributed by atoms with E-state index in [1.54, 1.807) is 17.0 Å². The third-order valence-corrected chi connectivity index (χ3v) is 3.61. The molecule has 7 heteroatoms. The van der Waals surface area contributed by atoms with Crippen LogP contribution in [-0.2, 0) is 11.3 Å². The number of ether oxygens (including phenoxy) is 1. The van der Waals surface area contributed by atoms with E-state index in [1.165, 1.54) is 30.3 Å². The molecular weight excluding hydrogens is 352 g/mol. The molecule has 1 heterocycles. The molecular formula is C20H17F2N3O2. The van der Waals surface area contributed by atoms with Crippen molar-refractivity contribution in [3.63, 3.8) is 0 Å². The van der Waals surface area contributed by atoms with Crippen molar-refractivity contribution in [3.05, 3.63) is 84.2 Å². The molecule has 0 aliphatic heterocycles. The van der Waals surface area contributed by atoms with E-state index in [-0.39, 0.29) is 11.7 Å². The van der Waals surface area contributed by atoms with E-state index in [2.05, 4.69) is 15.2 Å². The first-order valence-electron chi connectivity index (χ1n) is 8.19. The second-order valence-electron chi connectivity index (χ2n) is 5.68. The minimum atomic E-state index is -2.88. The van der Waals surface area contributed by atoms with E-state index in [0.717, 1.165) is 11.1 Å². The third kappa shape index (κ3) is 5.78. The highest BCUT2D eigenvalue weighted by Gasteiger charge is 2.04. The molecule has 0 spiro atoms. The van der Waals surface area contributed by atoms with Crippen molar-refractivity contribution in [1.29, 1.82) is 0 Å². The Bertz CT molecular complexity index is 906. The van der Waals surface area contributed by atoms with Gasteiger partial charge in [0.05, 0.1) is 12.7 Å². The molecule has 0 unspecified atom stereocenters. The summed E-state index contributed by atoms with van der Waals surface area (Å²) in [4.78, 5) is 12.0. The maximum Gasteiger partial charge on any atom is 0.387 e. The van der Waals surface area contributed by atoms with Gasteiger partial charge in [0.1, 0.15) is 5.75 Å². The van der Waals surface area contributed by atoms with Crippen molar-refractivity contribution in [2.75, 3.05) is 5.32 Å². The van der Waals surface area contributed by atoms with Gasteiger partial charge in [-0.05, 0) is 35.9 Å². The number of hydrogen-bond acceptors (Lipinski definition) is 3. The fraction of sp³-hybridized carbons (Fsp3) is 0.100. The maximum atomic E-state index is 12.1. The molecule has 0 aliphatic carbocycles. The molecule has 0 aliphatic rings. The molecule has 3 aromatic rings. The monoisotopic (exact) mass is 369 g/mol. The summed E-state index contributed by atoms with van der Waals surface area (Å²) >= 11 is 0. The Balaban J connectivity index is 1.54. The average Bonchev–Trinajstić information content (AvgIpc) is 3.09. The van der Waals surface area contributed by atoms with Crippen LogP contribution in [0.3, 0.4) is 0 Å². The zero-order valence-electron chi connectivity index (χ0n) is 14.3. The van der Waals surface area contributed by atoms with Crippen molar-refractivity contribution < 1.29 is 18.3 Å². The van der Waals surface area contributed by atoms with Gasteiger partial charge >= 0.3 is 6.61 Å². The molecule has 0 radical (unpaired) electrons. The minimum absolute atomic E-state index is 0.0318. The van der Waals surface area contributed by atoms with Crippen LogP contribution < -0.4 is 10.1 Å². The number of alkyl halides is 2. The topological polar surface area (TPSA) is 56.2 Å². The number of amides is 1. The molecule has 0 bridgehead atoms. The third-order valence-electron chi connectivity index (χ3n) is 3.61. The number of halogens is 2. The molecule has 1 N–H and O–H groups in total. The highest BCUT2D eigenvalue weighted by Crippen LogP contribution is 2.17. The van der Waals surface area contributed by atoms with Gasteiger partial charge in [0.15, 0.2) is 0 Å². The SMILES string of the molecule is O=C(/C=C/c1cnn(Cc2ccccc2)c1)Nc1ccc(OC(F)F)cc1. The lowest BCUT2D eigenvalue weighted by Crippen LogP contribution is -2.08. The lowest BCUT2D eigenvalue weighted by Gasteiger charge is -2.06. The Kier molecular flexibility index (Phi) is 5.94. The van der Waals surface area contributed by atoms with Crippen LogP contribution >= 0.6 is 0 Å². The smallest absolute Gasteiger partial charge is 0.387 e. The number of nitrogens with zero attached hydrogens (tertiary/aromatic N) is 2. The van der Waals surface area contributed by atoms with Crippen molar-refractivity contribution in [3.8, 4) is 5.75 Å². The van der Waals surface area contributed by atoms with Gasteiger partial charge < -0.3 is 10.1 Å². The van der Waals surface area contributed by atoms with Gasteiger partial charge in [-0.3, -0.25) is 9.48 Å². The van der Waals surface area contributed by atoms with Crippen LogP contribution in [0, 0.1) is 0 Å². The molecule has 1 aromatic heterocycles. The van der Waals surface area contributed by atoms with Crippen LogP contribution in [0.2, 0.25) is 0 Å². The number of anilines is 1. The molecule has 5 nitrogen and oxygen atoms in total. The Morgan fingerprint density at radius 2 is 1.89 bits per heavy atom. The van der Waals surface area contributed by atoms with Crippen LogP contribution in [0.1, 0.15) is 11.1 Å². The number of benzene rings is 2. The van der Waals surface area contributed by atoms with E-state index < -0.39 is 6.61 Å². The van der Waals surface area contributed by atoms with E-state index >= 15 is 0 Å². The molecule has 0 saturated carbocycles. The van der Waals surface area contributed by atoms with E-state index in [4.69, 9.17) is 0 Å². The van der Waals surface area contributed by atoms with E-state index in [0.29, 0.717) is 12.2 Å². The fourth-order valence-corrected chi connectivity index (χ4v) is 2.40. The van der Waals surface area contributed by atoms with Crippen LogP contribution in [0.25, 0.3) is 6.08 Å². The number of carbonyl (C=O) groups is 1. The normalized spacial score (nSPS) is 11.1. The van der Waals surface area contributed by atoms with Crippen LogP contribution in [0.15, 0.2) is 73.1 Å². The number of carbonyl (C=O) groups excluding carboxylic acids is 1. The fourth-order valence-electron chi connectivity index (χ4n) is 2.40. The lowest BCUT2D eigenvalue weighted by atomic mass is 10.2. The standard InChI is InChI=1S/C20H17F2N3O2/c21-20(22)27-18-9-7-17(8-10-18)24-19(26)11-6-16-12-23-25(14-16)13-15-4-2-1-3-5-15/h1-12,14,20H,13H2,(H,24,26)/b11-6+. The second-order valence-corrected chi connectivity index (χ2v) is 5.68. The Labute approximate surface area is 154 Å². The molecule has 1 amide bonds. The summed E-state index contributed by atoms with van der Waals surface area (Å²) in [5.41, 5.74) is 2.40. The van der Waals surface area contributed by atoms with Gasteiger partial charge in [0, 0.05) is 23.5 Å². The average molecular weight is 369 g/mol. The summed E-state index contributed by atoms with van der Waals surface area (Å²) in [6.45, 7) is -2.23. The van der Waals surface area contributed by atoms with Gasteiger partial charge in [-0.1, -0.05) is 30.3 Å². The van der Waals surface area contributed by atoms with E-state index in [9.17, 15) is 13.6 Å². The van der Waals surface area contributed by atoms with Crippen molar-refractivity contribution >= 4 is 17.7 Å². The predicted molar refractivity (Wildman–Crippen MR) is 98.5 cm³/mol. The summed E-state index contributed by atoms with van der Waals surface area (Å²) in [5.74, 6) is -0.308. The van der Waals surface area contributed by atoms with Crippen LogP contribution in [0.5, 0.6) is 5.75 Å². The number of aromatic nitrogens is 2. The summed E-state index contributed by atoms with van der Waals surface area (Å²) in [7, 11) is 0. The Hall–Kier alpha value is -3.48. The van der Waals surface area contributed by atoms with Crippen LogP contribution in [0.4, 0.5) is 14.5 Å². The van der Waals surface area contributed by atoms with Gasteiger partial charge in [-0.15, -0.1) is 0 Å². The summed E-state index contributed by atoms with van der Waals surface area (Å²) in [6.07, 6.45) is 6.54. The number of rotatable bonds is 7. The Morgan fingerprint density at radius 1 is 1.15 bits per heavy atom. The number of nitrogens with one attached hydrogen (secondary N) is 1. The van der Waals surface area contributed by atoms with Gasteiger partial charge in [0.2, 0.25) is 5.91 Å². The largest absolute Gasteiger partial charge is 0.435 e. The van der Waals surface area contributed by atoms with Crippen molar-refractivity contribution in [2.24, 2.45) is 0 Å². The maximum absolute atomic E-state index is 12.1. The van der Waals surface area contributed by atoms with Crippen molar-refractivity contribution in [2.45, 2.75) is 13.2 Å². The zero-order valence-corrected chi connectivity index (χ0v) is 14.3. The molecule has 0 fully saturated rings. The van der Waals surface area contributed by atoms with Gasteiger partial charge in [0.25, 0.3) is 0 Å². The summed E-state index contributed by atoms with van der Waals surface area (Å²) < 4.78 is 30.3. The molecule has 0 saturated heterocycles. The number of hydrogen-bond donors (Lipinski definition) is 1. The van der Waals surface area contributed by atoms with Crippen molar-refractivity contribution in [1.82, 2.24) is 9.78 Å². The van der Waals surface area contributed by atoms with Gasteiger partial charge in [-0.2, -0.15) is 13.9 Å². The summed E-state index contributed by atoms with van der Waals surface area (Å²) in [5, 5.41) is 6.91. The molecule has 138 valence electrons. The first kappa shape index (κ1) is 18.3. The van der Waals surface area contributed by atoms with Gasteiger partial charge in [-0.25, -0.2) is 0 Å². The first-order chi connectivity index (χ1) is 13.1. The summed E-state index contributed by atoms with van der Waals surface area (Å²) in [6, 6.07) is 15.6. The quantitative estimate of drug-likeness (QED) is 0.636. The minimum Gasteiger partial charge on any atom is -0.435 e.